The standard InChI is InChI=1S/C14H15F3/c1-3-4-7-11(2)13-9-6-5-8-12(13)10-14(15,16)17/h4-9H,2-3,10H2,1H3/b7-4-. The van der Waals surface area contributed by atoms with Gasteiger partial charge in [-0.05, 0) is 23.1 Å². The van der Waals surface area contributed by atoms with Gasteiger partial charge >= 0.3 is 6.18 Å². The van der Waals surface area contributed by atoms with Crippen molar-refractivity contribution in [1.29, 1.82) is 0 Å². The van der Waals surface area contributed by atoms with Gasteiger partial charge in [0.15, 0.2) is 0 Å². The van der Waals surface area contributed by atoms with E-state index in [2.05, 4.69) is 6.58 Å². The smallest absolute Gasteiger partial charge is 0.171 e. The second-order valence-electron chi connectivity index (χ2n) is 3.78. The number of hydrogen-bond donors (Lipinski definition) is 0. The van der Waals surface area contributed by atoms with Crippen molar-refractivity contribution in [2.45, 2.75) is 25.9 Å². The highest BCUT2D eigenvalue weighted by atomic mass is 19.4. The van der Waals surface area contributed by atoms with Crippen LogP contribution in [0.3, 0.4) is 0 Å². The molecule has 1 aromatic carbocycles. The van der Waals surface area contributed by atoms with Crippen molar-refractivity contribution in [3.05, 3.63) is 54.1 Å². The molecule has 0 nitrogen and oxygen atoms in total. The molecule has 0 unspecified atom stereocenters. The van der Waals surface area contributed by atoms with Crippen LogP contribution >= 0.6 is 0 Å². The van der Waals surface area contributed by atoms with E-state index in [0.717, 1.165) is 6.42 Å². The number of hydrogen-bond acceptors (Lipinski definition) is 0. The van der Waals surface area contributed by atoms with Gasteiger partial charge in [-0.1, -0.05) is 49.9 Å². The van der Waals surface area contributed by atoms with Gasteiger partial charge in [-0.15, -0.1) is 0 Å². The van der Waals surface area contributed by atoms with Crippen molar-refractivity contribution >= 4 is 5.57 Å². The van der Waals surface area contributed by atoms with E-state index in [1.165, 1.54) is 6.07 Å². The number of rotatable bonds is 4. The van der Waals surface area contributed by atoms with E-state index in [1.807, 2.05) is 13.0 Å². The minimum Gasteiger partial charge on any atom is -0.171 e. The molecule has 0 radical (unpaired) electrons. The summed E-state index contributed by atoms with van der Waals surface area (Å²) in [7, 11) is 0. The normalized spacial score (nSPS) is 12.0. The highest BCUT2D eigenvalue weighted by Gasteiger charge is 2.28. The zero-order valence-corrected chi connectivity index (χ0v) is 9.72. The summed E-state index contributed by atoms with van der Waals surface area (Å²) in [4.78, 5) is 0. The van der Waals surface area contributed by atoms with E-state index in [0.29, 0.717) is 11.1 Å². The fourth-order valence-corrected chi connectivity index (χ4v) is 1.55. The Hall–Kier alpha value is -1.51. The summed E-state index contributed by atoms with van der Waals surface area (Å²) in [5.74, 6) is 0. The van der Waals surface area contributed by atoms with Crippen LogP contribution in [0.2, 0.25) is 0 Å². The van der Waals surface area contributed by atoms with Crippen LogP contribution < -0.4 is 0 Å². The van der Waals surface area contributed by atoms with E-state index >= 15 is 0 Å². The molecule has 0 amide bonds. The monoisotopic (exact) mass is 240 g/mol. The predicted molar refractivity (Wildman–Crippen MR) is 64.7 cm³/mol. The molecule has 1 aromatic rings. The molecule has 0 aromatic heterocycles. The second kappa shape index (κ2) is 5.71. The maximum Gasteiger partial charge on any atom is 0.393 e. The Kier molecular flexibility index (Phi) is 4.55. The molecular formula is C14H15F3. The van der Waals surface area contributed by atoms with Crippen molar-refractivity contribution in [3.8, 4) is 0 Å². The zero-order valence-electron chi connectivity index (χ0n) is 9.72. The highest BCUT2D eigenvalue weighted by Crippen LogP contribution is 2.26. The minimum atomic E-state index is -4.19. The molecule has 92 valence electrons. The van der Waals surface area contributed by atoms with Crippen LogP contribution in [0.15, 0.2) is 43.0 Å². The van der Waals surface area contributed by atoms with Crippen LogP contribution in [0, 0.1) is 0 Å². The average molecular weight is 240 g/mol. The van der Waals surface area contributed by atoms with Gasteiger partial charge in [0.1, 0.15) is 0 Å². The minimum absolute atomic E-state index is 0.269. The Morgan fingerprint density at radius 1 is 1.29 bits per heavy atom. The van der Waals surface area contributed by atoms with Gasteiger partial charge in [-0.2, -0.15) is 13.2 Å². The lowest BCUT2D eigenvalue weighted by atomic mass is 9.98. The quantitative estimate of drug-likeness (QED) is 0.665. The molecule has 0 bridgehead atoms. The first-order valence-corrected chi connectivity index (χ1v) is 5.44. The van der Waals surface area contributed by atoms with Gasteiger partial charge in [0.2, 0.25) is 0 Å². The Morgan fingerprint density at radius 2 is 1.94 bits per heavy atom. The van der Waals surface area contributed by atoms with Gasteiger partial charge in [0, 0.05) is 0 Å². The molecule has 0 saturated carbocycles. The van der Waals surface area contributed by atoms with Crippen LogP contribution in [0.5, 0.6) is 0 Å². The molecule has 0 fully saturated rings. The molecule has 3 heteroatoms. The molecule has 0 N–H and O–H groups in total. The largest absolute Gasteiger partial charge is 0.393 e. The van der Waals surface area contributed by atoms with Crippen molar-refractivity contribution in [2.24, 2.45) is 0 Å². The first kappa shape index (κ1) is 13.6. The third-order valence-corrected chi connectivity index (χ3v) is 2.31. The first-order chi connectivity index (χ1) is 7.94. The van der Waals surface area contributed by atoms with Gasteiger partial charge in [0.05, 0.1) is 6.42 Å². The predicted octanol–water partition coefficient (Wildman–Crippen LogP) is 4.77. The zero-order chi connectivity index (χ0) is 12.9. The van der Waals surface area contributed by atoms with Gasteiger partial charge in [-0.25, -0.2) is 0 Å². The number of alkyl halides is 3. The molecule has 0 saturated heterocycles. The summed E-state index contributed by atoms with van der Waals surface area (Å²) >= 11 is 0. The second-order valence-corrected chi connectivity index (χ2v) is 3.78. The molecule has 0 aliphatic carbocycles. The summed E-state index contributed by atoms with van der Waals surface area (Å²) in [5, 5.41) is 0. The van der Waals surface area contributed by atoms with E-state index in [4.69, 9.17) is 0 Å². The molecule has 0 atom stereocenters. The molecule has 0 aliphatic heterocycles. The van der Waals surface area contributed by atoms with E-state index in [9.17, 15) is 13.2 Å². The average Bonchev–Trinajstić information content (AvgIpc) is 2.24. The molecule has 1 rings (SSSR count). The lowest BCUT2D eigenvalue weighted by Gasteiger charge is -2.11. The third-order valence-electron chi connectivity index (χ3n) is 2.31. The Labute approximate surface area is 99.5 Å². The summed E-state index contributed by atoms with van der Waals surface area (Å²) in [5.41, 5.74) is 1.45. The lowest BCUT2D eigenvalue weighted by Crippen LogP contribution is -2.12. The number of benzene rings is 1. The van der Waals surface area contributed by atoms with Crippen LogP contribution in [-0.2, 0) is 6.42 Å². The molecule has 0 aliphatic rings. The molecule has 0 spiro atoms. The fourth-order valence-electron chi connectivity index (χ4n) is 1.55. The lowest BCUT2D eigenvalue weighted by molar-refractivity contribution is -0.127. The Bertz CT molecular complexity index is 414. The van der Waals surface area contributed by atoms with E-state index in [-0.39, 0.29) is 5.56 Å². The van der Waals surface area contributed by atoms with Crippen LogP contribution in [0.1, 0.15) is 24.5 Å². The topological polar surface area (TPSA) is 0 Å². The number of allylic oxidation sites excluding steroid dienone is 3. The van der Waals surface area contributed by atoms with E-state index < -0.39 is 12.6 Å². The Morgan fingerprint density at radius 3 is 2.53 bits per heavy atom. The van der Waals surface area contributed by atoms with Crippen molar-refractivity contribution in [3.63, 3.8) is 0 Å². The van der Waals surface area contributed by atoms with Crippen LogP contribution in [-0.4, -0.2) is 6.18 Å². The van der Waals surface area contributed by atoms with Crippen molar-refractivity contribution in [2.75, 3.05) is 0 Å². The maximum absolute atomic E-state index is 12.4. The highest BCUT2D eigenvalue weighted by molar-refractivity contribution is 5.74. The van der Waals surface area contributed by atoms with Gasteiger partial charge in [0.25, 0.3) is 0 Å². The molecular weight excluding hydrogens is 225 g/mol. The third kappa shape index (κ3) is 4.47. The van der Waals surface area contributed by atoms with Gasteiger partial charge < -0.3 is 0 Å². The van der Waals surface area contributed by atoms with Gasteiger partial charge in [-0.3, -0.25) is 0 Å². The summed E-state index contributed by atoms with van der Waals surface area (Å²) < 4.78 is 37.2. The van der Waals surface area contributed by atoms with E-state index in [1.54, 1.807) is 24.3 Å². The summed E-state index contributed by atoms with van der Waals surface area (Å²) in [6.07, 6.45) is -0.630. The summed E-state index contributed by atoms with van der Waals surface area (Å²) in [6.45, 7) is 5.76. The van der Waals surface area contributed by atoms with Crippen molar-refractivity contribution in [1.82, 2.24) is 0 Å². The summed E-state index contributed by atoms with van der Waals surface area (Å²) in [6, 6.07) is 6.50. The molecule has 17 heavy (non-hydrogen) atoms. The fraction of sp³-hybridized carbons (Fsp3) is 0.286. The van der Waals surface area contributed by atoms with Crippen molar-refractivity contribution < 1.29 is 13.2 Å². The molecule has 0 heterocycles. The maximum atomic E-state index is 12.4. The van der Waals surface area contributed by atoms with Crippen LogP contribution in [0.25, 0.3) is 5.57 Å². The number of halogens is 3. The van der Waals surface area contributed by atoms with Crippen LogP contribution in [0.4, 0.5) is 13.2 Å². The Balaban J connectivity index is 2.99. The first-order valence-electron chi connectivity index (χ1n) is 5.44. The SMILES string of the molecule is C=C(/C=C\CC)c1ccccc1CC(F)(F)F.